The molecular formula is C19H26Cl2N6O2. The topological polar surface area (TPSA) is 85.6 Å². The molecule has 1 aromatic carbocycles. The van der Waals surface area contributed by atoms with E-state index in [1.165, 1.54) is 0 Å². The number of guanidine groups is 1. The zero-order valence-electron chi connectivity index (χ0n) is 16.6. The van der Waals surface area contributed by atoms with Gasteiger partial charge in [0.05, 0.1) is 18.1 Å². The van der Waals surface area contributed by atoms with Crippen molar-refractivity contribution in [3.63, 3.8) is 0 Å². The quantitative estimate of drug-likeness (QED) is 0.372. The molecule has 10 heteroatoms. The molecule has 2 aromatic rings. The molecule has 0 saturated carbocycles. The summed E-state index contributed by atoms with van der Waals surface area (Å²) in [6.45, 7) is 4.86. The first-order valence-corrected chi connectivity index (χ1v) is 10.4. The van der Waals surface area contributed by atoms with E-state index in [1.807, 2.05) is 11.6 Å². The zero-order chi connectivity index (χ0) is 20.6. The molecule has 0 radical (unpaired) electrons. The highest BCUT2D eigenvalue weighted by molar-refractivity contribution is 6.42. The first-order chi connectivity index (χ1) is 14.1. The monoisotopic (exact) mass is 440 g/mol. The second kappa shape index (κ2) is 10.7. The van der Waals surface area contributed by atoms with Crippen LogP contribution in [-0.4, -0.2) is 53.6 Å². The van der Waals surface area contributed by atoms with E-state index in [9.17, 15) is 0 Å². The highest BCUT2D eigenvalue weighted by Crippen LogP contribution is 2.31. The largest absolute Gasteiger partial charge is 0.490 e. The van der Waals surface area contributed by atoms with Crippen LogP contribution in [0.2, 0.25) is 10.0 Å². The van der Waals surface area contributed by atoms with Crippen molar-refractivity contribution in [2.75, 3.05) is 26.8 Å². The van der Waals surface area contributed by atoms with Gasteiger partial charge < -0.3 is 20.1 Å². The second-order valence-electron chi connectivity index (χ2n) is 6.60. The van der Waals surface area contributed by atoms with E-state index in [0.717, 1.165) is 43.5 Å². The van der Waals surface area contributed by atoms with Crippen LogP contribution >= 0.6 is 23.2 Å². The van der Waals surface area contributed by atoms with Gasteiger partial charge in [-0.25, -0.2) is 14.7 Å². The Labute approximate surface area is 180 Å². The minimum atomic E-state index is 0.223. The van der Waals surface area contributed by atoms with Crippen LogP contribution in [-0.2, 0) is 24.3 Å². The van der Waals surface area contributed by atoms with E-state index in [4.69, 9.17) is 32.7 Å². The van der Waals surface area contributed by atoms with Gasteiger partial charge in [0.15, 0.2) is 11.8 Å². The summed E-state index contributed by atoms with van der Waals surface area (Å²) in [7, 11) is 1.65. The summed E-state index contributed by atoms with van der Waals surface area (Å²) in [5.74, 6) is 3.04. The predicted octanol–water partition coefficient (Wildman–Crippen LogP) is 2.68. The zero-order valence-corrected chi connectivity index (χ0v) is 18.1. The Bertz CT molecular complexity index is 842. The first-order valence-electron chi connectivity index (χ1n) is 9.64. The Morgan fingerprint density at radius 1 is 1.38 bits per heavy atom. The molecule has 2 heterocycles. The molecule has 1 aliphatic rings. The van der Waals surface area contributed by atoms with Crippen LogP contribution in [0.1, 0.15) is 25.0 Å². The van der Waals surface area contributed by atoms with Crippen LogP contribution in [0.25, 0.3) is 0 Å². The minimum Gasteiger partial charge on any atom is -0.490 e. The van der Waals surface area contributed by atoms with Gasteiger partial charge in [0.2, 0.25) is 0 Å². The Morgan fingerprint density at radius 3 is 3.03 bits per heavy atom. The van der Waals surface area contributed by atoms with Gasteiger partial charge >= 0.3 is 0 Å². The summed E-state index contributed by atoms with van der Waals surface area (Å²) in [6, 6.07) is 5.54. The number of aliphatic imine (C=N–C) groups is 1. The minimum absolute atomic E-state index is 0.223. The van der Waals surface area contributed by atoms with Crippen LogP contribution in [0.5, 0.6) is 5.75 Å². The summed E-state index contributed by atoms with van der Waals surface area (Å²) >= 11 is 12.1. The molecule has 0 spiro atoms. The molecular weight excluding hydrogens is 415 g/mol. The Hall–Kier alpha value is -2.03. The summed E-state index contributed by atoms with van der Waals surface area (Å²) in [4.78, 5) is 9.10. The van der Waals surface area contributed by atoms with Crippen LogP contribution in [0, 0.1) is 0 Å². The Morgan fingerprint density at radius 2 is 2.24 bits per heavy atom. The van der Waals surface area contributed by atoms with Crippen molar-refractivity contribution in [1.82, 2.24) is 25.4 Å². The van der Waals surface area contributed by atoms with E-state index < -0.39 is 0 Å². The Balaban J connectivity index is 1.53. The highest BCUT2D eigenvalue weighted by Gasteiger charge is 2.22. The lowest BCUT2D eigenvalue weighted by atomic mass is 10.1. The number of nitrogens with zero attached hydrogens (tertiary/aromatic N) is 4. The van der Waals surface area contributed by atoms with Crippen molar-refractivity contribution in [2.45, 2.75) is 39.0 Å². The molecule has 0 saturated heterocycles. The van der Waals surface area contributed by atoms with Crippen LogP contribution in [0.3, 0.4) is 0 Å². The van der Waals surface area contributed by atoms with E-state index >= 15 is 0 Å². The van der Waals surface area contributed by atoms with Crippen molar-refractivity contribution >= 4 is 29.2 Å². The number of nitrogens with one attached hydrogen (secondary N) is 2. The van der Waals surface area contributed by atoms with E-state index in [0.29, 0.717) is 35.6 Å². The molecule has 8 nitrogen and oxygen atoms in total. The first kappa shape index (κ1) is 21.7. The average Bonchev–Trinajstić information content (AvgIpc) is 3.10. The Kier molecular flexibility index (Phi) is 7.97. The van der Waals surface area contributed by atoms with Crippen molar-refractivity contribution in [3.8, 4) is 5.75 Å². The molecule has 1 unspecified atom stereocenters. The number of aryl methyl sites for hydroxylation is 1. The molecule has 0 aliphatic carbocycles. The lowest BCUT2D eigenvalue weighted by Crippen LogP contribution is -2.47. The number of rotatable bonds is 8. The molecule has 1 aliphatic heterocycles. The van der Waals surface area contributed by atoms with Gasteiger partial charge in [-0.2, -0.15) is 5.10 Å². The third-order valence-electron chi connectivity index (χ3n) is 4.40. The van der Waals surface area contributed by atoms with E-state index in [2.05, 4.69) is 25.7 Å². The van der Waals surface area contributed by atoms with Gasteiger partial charge in [-0.1, -0.05) is 29.3 Å². The molecule has 0 amide bonds. The number of hydrogen-bond acceptors (Lipinski definition) is 5. The number of aromatic nitrogens is 3. The van der Waals surface area contributed by atoms with Gasteiger partial charge in [-0.05, 0) is 25.5 Å². The van der Waals surface area contributed by atoms with E-state index in [1.54, 1.807) is 25.3 Å². The van der Waals surface area contributed by atoms with Gasteiger partial charge in [-0.3, -0.25) is 0 Å². The number of fused-ring (bicyclic) bond motifs is 1. The lowest BCUT2D eigenvalue weighted by molar-refractivity contribution is 0.177. The molecule has 3 rings (SSSR count). The van der Waals surface area contributed by atoms with Gasteiger partial charge in [0.1, 0.15) is 29.8 Å². The molecule has 1 aromatic heterocycles. The highest BCUT2D eigenvalue weighted by atomic mass is 35.5. The molecule has 158 valence electrons. The summed E-state index contributed by atoms with van der Waals surface area (Å²) in [5.41, 5.74) is 0. The number of benzene rings is 1. The maximum absolute atomic E-state index is 6.14. The average molecular weight is 441 g/mol. The number of hydrogen-bond donors (Lipinski definition) is 2. The standard InChI is InChI=1S/C19H26Cl2N6O2/c1-3-22-19(23-9-10-29-15-6-4-5-14(20)18(15)21)24-13-7-8-17-25-16(12-28-2)26-27(17)11-13/h4-6,13H,3,7-12H2,1-2H3,(H2,22,23,24). The smallest absolute Gasteiger partial charge is 0.191 e. The van der Waals surface area contributed by atoms with Crippen molar-refractivity contribution in [2.24, 2.45) is 4.99 Å². The fourth-order valence-electron chi connectivity index (χ4n) is 3.09. The molecule has 0 fully saturated rings. The summed E-state index contributed by atoms with van der Waals surface area (Å²) in [5, 5.41) is 12.1. The van der Waals surface area contributed by atoms with Gasteiger partial charge in [-0.15, -0.1) is 0 Å². The maximum atomic E-state index is 6.14. The van der Waals surface area contributed by atoms with Crippen LogP contribution in [0.15, 0.2) is 23.2 Å². The second-order valence-corrected chi connectivity index (χ2v) is 7.39. The fraction of sp³-hybridized carbons (Fsp3) is 0.526. The van der Waals surface area contributed by atoms with Crippen LogP contribution in [0.4, 0.5) is 0 Å². The van der Waals surface area contributed by atoms with Crippen molar-refractivity contribution in [1.29, 1.82) is 0 Å². The van der Waals surface area contributed by atoms with Crippen LogP contribution < -0.4 is 15.4 Å². The number of ether oxygens (including phenoxy) is 2. The van der Waals surface area contributed by atoms with Gasteiger partial charge in [0, 0.05) is 26.1 Å². The number of methoxy groups -OCH3 is 1. The molecule has 29 heavy (non-hydrogen) atoms. The fourth-order valence-corrected chi connectivity index (χ4v) is 3.44. The third kappa shape index (κ3) is 5.98. The lowest BCUT2D eigenvalue weighted by Gasteiger charge is -2.25. The normalized spacial score (nSPS) is 16.4. The predicted molar refractivity (Wildman–Crippen MR) is 114 cm³/mol. The summed E-state index contributed by atoms with van der Waals surface area (Å²) < 4.78 is 12.8. The van der Waals surface area contributed by atoms with Gasteiger partial charge in [0.25, 0.3) is 0 Å². The summed E-state index contributed by atoms with van der Waals surface area (Å²) in [6.07, 6.45) is 1.83. The molecule has 0 bridgehead atoms. The van der Waals surface area contributed by atoms with Crippen molar-refractivity contribution in [3.05, 3.63) is 39.9 Å². The maximum Gasteiger partial charge on any atom is 0.191 e. The van der Waals surface area contributed by atoms with E-state index in [-0.39, 0.29) is 6.04 Å². The SMILES string of the molecule is CCNC(=NCCOc1cccc(Cl)c1Cl)NC1CCc2nc(COC)nn2C1. The number of halogens is 2. The molecule has 1 atom stereocenters. The molecule has 2 N–H and O–H groups in total. The van der Waals surface area contributed by atoms with Crippen molar-refractivity contribution < 1.29 is 9.47 Å². The third-order valence-corrected chi connectivity index (χ3v) is 5.20.